The number of hydrazone groups is 1. The number of hydrogen-bond donors (Lipinski definition) is 0. The minimum absolute atomic E-state index is 0.105. The van der Waals surface area contributed by atoms with Crippen molar-refractivity contribution in [1.29, 1.82) is 0 Å². The smallest absolute Gasteiger partial charge is 0.276 e. The number of amides is 1. The standard InChI is InChI=1S/C29H27ClN2O3/c1-34-22-14-10-19(11-15-22)18-21-6-5-8-25-27(21)31-32(29(33)24-7-3-4-9-26(24)30)28(25)20-12-16-23(35-2)17-13-20/h3-4,7,9-18,25,28H,5-6,8H2,1-2H3/b21-18-/t25-,28-/m0/s1. The van der Waals surface area contributed by atoms with Gasteiger partial charge in [0.2, 0.25) is 0 Å². The molecule has 1 aliphatic carbocycles. The minimum atomic E-state index is -0.209. The SMILES string of the molecule is COc1ccc(/C=C2/CCC[C@H]3C2=NN(C(=O)c2ccccc2Cl)[C@H]3c2ccc(OC)cc2)cc1. The summed E-state index contributed by atoms with van der Waals surface area (Å²) < 4.78 is 10.6. The predicted octanol–water partition coefficient (Wildman–Crippen LogP) is 6.79. The third-order valence-electron chi connectivity index (χ3n) is 6.73. The van der Waals surface area contributed by atoms with E-state index >= 15 is 0 Å². The highest BCUT2D eigenvalue weighted by Gasteiger charge is 2.44. The van der Waals surface area contributed by atoms with Crippen molar-refractivity contribution in [3.8, 4) is 11.5 Å². The van der Waals surface area contributed by atoms with Gasteiger partial charge in [0, 0.05) is 5.92 Å². The van der Waals surface area contributed by atoms with Gasteiger partial charge in [0.25, 0.3) is 5.91 Å². The van der Waals surface area contributed by atoms with Gasteiger partial charge in [0.05, 0.1) is 36.6 Å². The summed E-state index contributed by atoms with van der Waals surface area (Å²) in [5.41, 5.74) is 4.71. The van der Waals surface area contributed by atoms with Crippen LogP contribution in [0.15, 0.2) is 83.5 Å². The first-order valence-electron chi connectivity index (χ1n) is 11.7. The van der Waals surface area contributed by atoms with Crippen LogP contribution in [0.5, 0.6) is 11.5 Å². The van der Waals surface area contributed by atoms with Crippen LogP contribution < -0.4 is 9.47 Å². The first-order chi connectivity index (χ1) is 17.1. The number of allylic oxidation sites excluding steroid dienone is 1. The Hall–Kier alpha value is -3.57. The number of ether oxygens (including phenoxy) is 2. The lowest BCUT2D eigenvalue weighted by atomic mass is 9.77. The summed E-state index contributed by atoms with van der Waals surface area (Å²) in [5, 5.41) is 7.02. The molecule has 0 bridgehead atoms. The van der Waals surface area contributed by atoms with E-state index in [1.54, 1.807) is 31.4 Å². The van der Waals surface area contributed by atoms with E-state index in [0.717, 1.165) is 47.6 Å². The molecule has 6 heteroatoms. The Morgan fingerprint density at radius 1 is 0.971 bits per heavy atom. The second-order valence-corrected chi connectivity index (χ2v) is 9.18. The van der Waals surface area contributed by atoms with Crippen LogP contribution in [0, 0.1) is 5.92 Å². The number of carbonyl (C=O) groups excluding carboxylic acids is 1. The third-order valence-corrected chi connectivity index (χ3v) is 7.06. The average Bonchev–Trinajstić information content (AvgIpc) is 3.30. The van der Waals surface area contributed by atoms with Crippen molar-refractivity contribution >= 4 is 29.3 Å². The number of rotatable bonds is 5. The number of halogens is 1. The summed E-state index contributed by atoms with van der Waals surface area (Å²) in [5.74, 6) is 1.51. The van der Waals surface area contributed by atoms with E-state index < -0.39 is 0 Å². The molecule has 178 valence electrons. The lowest BCUT2D eigenvalue weighted by molar-refractivity contribution is 0.0681. The van der Waals surface area contributed by atoms with E-state index in [1.807, 2.05) is 60.7 Å². The summed E-state index contributed by atoms with van der Waals surface area (Å²) in [6.45, 7) is 0. The quantitative estimate of drug-likeness (QED) is 0.398. The molecule has 0 N–H and O–H groups in total. The molecule has 0 radical (unpaired) electrons. The van der Waals surface area contributed by atoms with Crippen molar-refractivity contribution in [2.24, 2.45) is 11.0 Å². The van der Waals surface area contributed by atoms with E-state index in [2.05, 4.69) is 6.08 Å². The van der Waals surface area contributed by atoms with E-state index in [4.69, 9.17) is 26.2 Å². The Morgan fingerprint density at radius 3 is 2.29 bits per heavy atom. The van der Waals surface area contributed by atoms with Gasteiger partial charge in [-0.25, -0.2) is 5.01 Å². The van der Waals surface area contributed by atoms with Crippen LogP contribution in [0.25, 0.3) is 6.08 Å². The molecule has 2 aliphatic rings. The number of methoxy groups -OCH3 is 2. The summed E-state index contributed by atoms with van der Waals surface area (Å²) >= 11 is 6.41. The molecule has 1 aliphatic heterocycles. The van der Waals surface area contributed by atoms with Gasteiger partial charge >= 0.3 is 0 Å². The zero-order valence-corrected chi connectivity index (χ0v) is 20.5. The van der Waals surface area contributed by atoms with Crippen molar-refractivity contribution in [2.75, 3.05) is 14.2 Å². The van der Waals surface area contributed by atoms with Gasteiger partial charge in [-0.15, -0.1) is 0 Å². The number of benzene rings is 3. The third kappa shape index (κ3) is 4.56. The zero-order chi connectivity index (χ0) is 24.4. The van der Waals surface area contributed by atoms with Crippen LogP contribution >= 0.6 is 11.6 Å². The molecule has 0 unspecified atom stereocenters. The molecular formula is C29H27ClN2O3. The van der Waals surface area contributed by atoms with Gasteiger partial charge in [-0.05, 0) is 78.4 Å². The summed E-state index contributed by atoms with van der Waals surface area (Å²) in [6, 6.07) is 22.8. The van der Waals surface area contributed by atoms with Crippen molar-refractivity contribution in [3.63, 3.8) is 0 Å². The molecule has 3 aromatic rings. The Morgan fingerprint density at radius 2 is 1.63 bits per heavy atom. The van der Waals surface area contributed by atoms with E-state index in [9.17, 15) is 4.79 Å². The predicted molar refractivity (Wildman–Crippen MR) is 139 cm³/mol. The van der Waals surface area contributed by atoms with Gasteiger partial charge in [-0.3, -0.25) is 4.79 Å². The highest BCUT2D eigenvalue weighted by molar-refractivity contribution is 6.33. The van der Waals surface area contributed by atoms with Crippen molar-refractivity contribution < 1.29 is 14.3 Å². The number of nitrogens with zero attached hydrogens (tertiary/aromatic N) is 2. The van der Waals surface area contributed by atoms with Gasteiger partial charge in [0.1, 0.15) is 11.5 Å². The Labute approximate surface area is 210 Å². The molecule has 0 saturated heterocycles. The normalized spacial score (nSPS) is 20.4. The topological polar surface area (TPSA) is 51.1 Å². The lowest BCUT2D eigenvalue weighted by Gasteiger charge is -2.30. The molecule has 1 fully saturated rings. The highest BCUT2D eigenvalue weighted by atomic mass is 35.5. The van der Waals surface area contributed by atoms with Gasteiger partial charge < -0.3 is 9.47 Å². The molecule has 1 amide bonds. The van der Waals surface area contributed by atoms with Gasteiger partial charge in [0.15, 0.2) is 0 Å². The second-order valence-electron chi connectivity index (χ2n) is 8.77. The average molecular weight is 487 g/mol. The Kier molecular flexibility index (Phi) is 6.60. The molecule has 3 aromatic carbocycles. The fraction of sp³-hybridized carbons (Fsp3) is 0.241. The lowest BCUT2D eigenvalue weighted by Crippen LogP contribution is -2.32. The van der Waals surface area contributed by atoms with Gasteiger partial charge in [-0.1, -0.05) is 48.0 Å². The fourth-order valence-corrected chi connectivity index (χ4v) is 5.18. The molecule has 1 heterocycles. The highest BCUT2D eigenvalue weighted by Crippen LogP contribution is 2.45. The Bertz CT molecular complexity index is 1280. The van der Waals surface area contributed by atoms with Crippen LogP contribution in [-0.4, -0.2) is 30.8 Å². The van der Waals surface area contributed by atoms with E-state index in [0.29, 0.717) is 10.6 Å². The van der Waals surface area contributed by atoms with Crippen LogP contribution in [0.1, 0.15) is 46.8 Å². The van der Waals surface area contributed by atoms with Crippen molar-refractivity contribution in [2.45, 2.75) is 25.3 Å². The summed E-state index contributed by atoms with van der Waals surface area (Å²) in [6.07, 6.45) is 5.10. The molecular weight excluding hydrogens is 460 g/mol. The largest absolute Gasteiger partial charge is 0.497 e. The maximum atomic E-state index is 13.7. The second kappa shape index (κ2) is 9.96. The molecule has 5 nitrogen and oxygen atoms in total. The molecule has 2 atom stereocenters. The van der Waals surface area contributed by atoms with Crippen LogP contribution in [-0.2, 0) is 0 Å². The van der Waals surface area contributed by atoms with Gasteiger partial charge in [-0.2, -0.15) is 5.10 Å². The zero-order valence-electron chi connectivity index (χ0n) is 19.8. The molecule has 5 rings (SSSR count). The monoisotopic (exact) mass is 486 g/mol. The number of hydrogen-bond acceptors (Lipinski definition) is 4. The van der Waals surface area contributed by atoms with Crippen molar-refractivity contribution in [1.82, 2.24) is 5.01 Å². The number of fused-ring (bicyclic) bond motifs is 1. The molecule has 0 spiro atoms. The molecule has 35 heavy (non-hydrogen) atoms. The maximum absolute atomic E-state index is 13.7. The minimum Gasteiger partial charge on any atom is -0.497 e. The number of carbonyl (C=O) groups is 1. The first kappa shape index (κ1) is 23.2. The summed E-state index contributed by atoms with van der Waals surface area (Å²) in [7, 11) is 3.31. The van der Waals surface area contributed by atoms with E-state index in [-0.39, 0.29) is 17.9 Å². The Balaban J connectivity index is 1.56. The van der Waals surface area contributed by atoms with Crippen LogP contribution in [0.4, 0.5) is 0 Å². The maximum Gasteiger partial charge on any atom is 0.276 e. The van der Waals surface area contributed by atoms with Crippen LogP contribution in [0.2, 0.25) is 5.02 Å². The van der Waals surface area contributed by atoms with Crippen molar-refractivity contribution in [3.05, 3.63) is 100 Å². The fourth-order valence-electron chi connectivity index (χ4n) is 4.96. The van der Waals surface area contributed by atoms with E-state index in [1.165, 1.54) is 5.57 Å². The van der Waals surface area contributed by atoms with Crippen LogP contribution in [0.3, 0.4) is 0 Å². The molecule has 1 saturated carbocycles. The molecule has 0 aromatic heterocycles. The summed E-state index contributed by atoms with van der Waals surface area (Å²) in [4.78, 5) is 13.7. The first-order valence-corrected chi connectivity index (χ1v) is 12.1.